The maximum atomic E-state index is 12.3. The van der Waals surface area contributed by atoms with Crippen molar-refractivity contribution < 1.29 is 4.79 Å². The van der Waals surface area contributed by atoms with Crippen molar-refractivity contribution in [2.45, 2.75) is 12.6 Å². The summed E-state index contributed by atoms with van der Waals surface area (Å²) in [6.45, 7) is 2.03. The molecule has 3 rings (SSSR count). The maximum absolute atomic E-state index is 12.3. The first-order valence-corrected chi connectivity index (χ1v) is 8.01. The van der Waals surface area contributed by atoms with Gasteiger partial charge in [0.25, 0.3) is 0 Å². The van der Waals surface area contributed by atoms with Crippen LogP contribution in [0, 0.1) is 0 Å². The first kappa shape index (κ1) is 13.5. The third-order valence-corrected chi connectivity index (χ3v) is 4.60. The molecule has 1 atom stereocenters. The van der Waals surface area contributed by atoms with Gasteiger partial charge in [0.15, 0.2) is 0 Å². The Morgan fingerprint density at radius 2 is 2.30 bits per heavy atom. The summed E-state index contributed by atoms with van der Waals surface area (Å²) in [5.74, 6) is 0.430. The van der Waals surface area contributed by atoms with Gasteiger partial charge in [-0.3, -0.25) is 0 Å². The molecule has 0 bridgehead atoms. The Morgan fingerprint density at radius 3 is 3.05 bits per heavy atom. The van der Waals surface area contributed by atoms with Crippen LogP contribution in [0.4, 0.5) is 4.79 Å². The Bertz CT molecular complexity index is 581. The number of urea groups is 1. The van der Waals surface area contributed by atoms with Crippen molar-refractivity contribution in [2.24, 2.45) is 0 Å². The second kappa shape index (κ2) is 5.89. The third-order valence-electron chi connectivity index (χ3n) is 3.48. The molecule has 4 nitrogen and oxygen atoms in total. The number of fused-ring (bicyclic) bond motifs is 1. The summed E-state index contributed by atoms with van der Waals surface area (Å²) in [5.41, 5.74) is 1.17. The number of carbonyl (C=O) groups is 1. The summed E-state index contributed by atoms with van der Waals surface area (Å²) in [5, 5.41) is 4.92. The lowest BCUT2D eigenvalue weighted by Gasteiger charge is -2.36. The van der Waals surface area contributed by atoms with Gasteiger partial charge >= 0.3 is 6.03 Å². The number of nitrogens with zero attached hydrogens (tertiary/aromatic N) is 2. The Labute approximate surface area is 127 Å². The quantitative estimate of drug-likeness (QED) is 0.870. The normalized spacial score (nSPS) is 17.9. The summed E-state index contributed by atoms with van der Waals surface area (Å²) in [6.07, 6.45) is 2.07. The molecule has 0 saturated heterocycles. The lowest BCUT2D eigenvalue weighted by atomic mass is 10.1. The number of hydrogen-bond acceptors (Lipinski definition) is 2. The van der Waals surface area contributed by atoms with Crippen LogP contribution in [0.2, 0.25) is 0 Å². The van der Waals surface area contributed by atoms with E-state index in [4.69, 9.17) is 11.6 Å². The topological polar surface area (TPSA) is 37.3 Å². The van der Waals surface area contributed by atoms with Gasteiger partial charge in [-0.1, -0.05) is 6.07 Å². The van der Waals surface area contributed by atoms with Gasteiger partial charge in [0.05, 0.1) is 0 Å². The average Bonchev–Trinajstić information content (AvgIpc) is 3.13. The zero-order valence-corrected chi connectivity index (χ0v) is 12.5. The van der Waals surface area contributed by atoms with Gasteiger partial charge in [0.2, 0.25) is 0 Å². The average molecular weight is 310 g/mol. The standard InChI is InChI=1S/C14H16ClN3OS/c15-5-6-16-14(19)18-9-8-17-7-1-3-11(17)13(18)12-4-2-10-20-12/h1-4,7,10,13H,5-6,8-9H2,(H,16,19)/t13-/m1/s1. The highest BCUT2D eigenvalue weighted by Gasteiger charge is 2.32. The molecule has 1 aliphatic rings. The van der Waals surface area contributed by atoms with Crippen LogP contribution in [-0.4, -0.2) is 34.5 Å². The summed E-state index contributed by atoms with van der Waals surface area (Å²) < 4.78 is 2.22. The van der Waals surface area contributed by atoms with Gasteiger partial charge in [-0.05, 0) is 23.6 Å². The summed E-state index contributed by atoms with van der Waals surface area (Å²) >= 11 is 7.33. The molecule has 3 heterocycles. The Balaban J connectivity index is 1.92. The smallest absolute Gasteiger partial charge is 0.318 e. The molecular formula is C14H16ClN3OS. The number of aromatic nitrogens is 1. The fourth-order valence-corrected chi connectivity index (χ4v) is 3.55. The largest absolute Gasteiger partial charge is 0.347 e. The minimum Gasteiger partial charge on any atom is -0.347 e. The molecule has 2 aromatic rings. The second-order valence-electron chi connectivity index (χ2n) is 4.66. The Hall–Kier alpha value is -1.46. The highest BCUT2D eigenvalue weighted by atomic mass is 35.5. The highest BCUT2D eigenvalue weighted by Crippen LogP contribution is 2.34. The van der Waals surface area contributed by atoms with Gasteiger partial charge in [0.1, 0.15) is 6.04 Å². The first-order chi connectivity index (χ1) is 9.81. The van der Waals surface area contributed by atoms with Gasteiger partial charge in [0, 0.05) is 42.3 Å². The molecule has 0 aliphatic carbocycles. The molecule has 0 aromatic carbocycles. The van der Waals surface area contributed by atoms with Gasteiger partial charge < -0.3 is 14.8 Å². The lowest BCUT2D eigenvalue weighted by molar-refractivity contribution is 0.170. The highest BCUT2D eigenvalue weighted by molar-refractivity contribution is 7.10. The Kier molecular flexibility index (Phi) is 3.98. The first-order valence-electron chi connectivity index (χ1n) is 6.60. The molecule has 0 radical (unpaired) electrons. The van der Waals surface area contributed by atoms with Gasteiger partial charge in [-0.2, -0.15) is 0 Å². The molecule has 20 heavy (non-hydrogen) atoms. The monoisotopic (exact) mass is 309 g/mol. The van der Waals surface area contributed by atoms with E-state index in [9.17, 15) is 4.79 Å². The zero-order chi connectivity index (χ0) is 13.9. The summed E-state index contributed by atoms with van der Waals surface area (Å²) in [6, 6.07) is 8.18. The summed E-state index contributed by atoms with van der Waals surface area (Å²) in [7, 11) is 0. The van der Waals surface area contributed by atoms with E-state index in [1.54, 1.807) is 11.3 Å². The van der Waals surface area contributed by atoms with E-state index in [-0.39, 0.29) is 12.1 Å². The number of alkyl halides is 1. The molecule has 0 unspecified atom stereocenters. The molecule has 1 aliphatic heterocycles. The van der Waals surface area contributed by atoms with Crippen LogP contribution in [-0.2, 0) is 6.54 Å². The fraction of sp³-hybridized carbons (Fsp3) is 0.357. The van der Waals surface area contributed by atoms with E-state index in [0.717, 1.165) is 6.54 Å². The third kappa shape index (κ3) is 2.43. The number of amides is 2. The van der Waals surface area contributed by atoms with Crippen molar-refractivity contribution in [3.63, 3.8) is 0 Å². The molecule has 6 heteroatoms. The van der Waals surface area contributed by atoms with Crippen molar-refractivity contribution in [3.8, 4) is 0 Å². The number of nitrogens with one attached hydrogen (secondary N) is 1. The van der Waals surface area contributed by atoms with E-state index in [1.807, 2.05) is 22.4 Å². The fourth-order valence-electron chi connectivity index (χ4n) is 2.60. The van der Waals surface area contributed by atoms with Crippen molar-refractivity contribution in [1.29, 1.82) is 0 Å². The van der Waals surface area contributed by atoms with Crippen LogP contribution in [0.25, 0.3) is 0 Å². The lowest BCUT2D eigenvalue weighted by Crippen LogP contribution is -2.47. The molecule has 0 saturated carbocycles. The zero-order valence-electron chi connectivity index (χ0n) is 11.0. The maximum Gasteiger partial charge on any atom is 0.318 e. The molecule has 2 aromatic heterocycles. The minimum atomic E-state index is -0.0449. The van der Waals surface area contributed by atoms with Crippen molar-refractivity contribution >= 4 is 29.0 Å². The molecule has 2 amide bonds. The van der Waals surface area contributed by atoms with Crippen molar-refractivity contribution in [1.82, 2.24) is 14.8 Å². The molecular weight excluding hydrogens is 294 g/mol. The predicted molar refractivity (Wildman–Crippen MR) is 81.4 cm³/mol. The number of rotatable bonds is 3. The van der Waals surface area contributed by atoms with Crippen molar-refractivity contribution in [2.75, 3.05) is 19.0 Å². The van der Waals surface area contributed by atoms with Crippen LogP contribution in [0.1, 0.15) is 16.6 Å². The molecule has 106 valence electrons. The summed E-state index contributed by atoms with van der Waals surface area (Å²) in [4.78, 5) is 15.4. The number of hydrogen-bond donors (Lipinski definition) is 1. The van der Waals surface area contributed by atoms with E-state index >= 15 is 0 Å². The van der Waals surface area contributed by atoms with Gasteiger partial charge in [-0.25, -0.2) is 4.79 Å². The number of thiophene rings is 1. The van der Waals surface area contributed by atoms with E-state index in [0.29, 0.717) is 19.0 Å². The van der Waals surface area contributed by atoms with Crippen LogP contribution < -0.4 is 5.32 Å². The van der Waals surface area contributed by atoms with Crippen LogP contribution in [0.5, 0.6) is 0 Å². The number of carbonyl (C=O) groups excluding carboxylic acids is 1. The van der Waals surface area contributed by atoms with Crippen molar-refractivity contribution in [3.05, 3.63) is 46.4 Å². The molecule has 0 fully saturated rings. The SMILES string of the molecule is O=C(NCCCl)N1CCn2cccc2[C@@H]1c1cccs1. The predicted octanol–water partition coefficient (Wildman–Crippen LogP) is 2.90. The van der Waals surface area contributed by atoms with E-state index in [2.05, 4.69) is 28.2 Å². The van der Waals surface area contributed by atoms with Crippen LogP contribution in [0.3, 0.4) is 0 Å². The van der Waals surface area contributed by atoms with E-state index < -0.39 is 0 Å². The second-order valence-corrected chi connectivity index (χ2v) is 6.02. The van der Waals surface area contributed by atoms with Gasteiger partial charge in [-0.15, -0.1) is 22.9 Å². The molecule has 1 N–H and O–H groups in total. The Morgan fingerprint density at radius 1 is 1.40 bits per heavy atom. The molecule has 0 spiro atoms. The minimum absolute atomic E-state index is 0.00549. The number of halogens is 1. The van der Waals surface area contributed by atoms with Crippen LogP contribution in [0.15, 0.2) is 35.8 Å². The van der Waals surface area contributed by atoms with E-state index in [1.165, 1.54) is 10.6 Å². The van der Waals surface area contributed by atoms with Crippen LogP contribution >= 0.6 is 22.9 Å².